The number of ether oxygens (including phenoxy) is 1. The second-order valence-electron chi connectivity index (χ2n) is 10.2. The summed E-state index contributed by atoms with van der Waals surface area (Å²) in [5.74, 6) is -3.05. The number of aliphatic carboxylic acids is 1. The number of nitrogens with two attached hydrogens (primary N) is 2. The Morgan fingerprint density at radius 2 is 2.04 bits per heavy atom. The number of hydrogen-bond donors (Lipinski definition) is 6. The third kappa shape index (κ3) is 7.97. The quantitative estimate of drug-likeness (QED) is 0.0345. The van der Waals surface area contributed by atoms with Crippen molar-refractivity contribution >= 4 is 56.1 Å². The van der Waals surface area contributed by atoms with Crippen molar-refractivity contribution in [1.82, 2.24) is 34.7 Å². The van der Waals surface area contributed by atoms with Gasteiger partial charge in [-0.15, -0.1) is 11.3 Å². The lowest BCUT2D eigenvalue weighted by Gasteiger charge is -2.43. The maximum Gasteiger partial charge on any atom is 0.362 e. The third-order valence-corrected chi connectivity index (χ3v) is 8.60. The van der Waals surface area contributed by atoms with Gasteiger partial charge in [0.2, 0.25) is 0 Å². The number of nitrogens with zero attached hydrogens (tertiary/aromatic N) is 7. The number of carbonyl (C=O) groups excluding carboxylic acids is 2. The van der Waals surface area contributed by atoms with E-state index < -0.39 is 58.6 Å². The lowest BCUT2D eigenvalue weighted by molar-refractivity contribution is -0.152. The Labute approximate surface area is 270 Å². The molecule has 0 radical (unpaired) electrons. The van der Waals surface area contributed by atoms with E-state index in [0.29, 0.717) is 17.1 Å². The van der Waals surface area contributed by atoms with Gasteiger partial charge in [-0.3, -0.25) is 23.8 Å². The van der Waals surface area contributed by atoms with E-state index in [9.17, 15) is 32.5 Å². The Hall–Kier alpha value is -5.19. The largest absolute Gasteiger partial charge is 0.489 e. The van der Waals surface area contributed by atoms with Crippen LogP contribution in [0.15, 0.2) is 52.4 Å². The molecule has 0 bridgehead atoms. The maximum absolute atomic E-state index is 13.3. The van der Waals surface area contributed by atoms with Crippen molar-refractivity contribution in [2.45, 2.75) is 37.2 Å². The van der Waals surface area contributed by atoms with Crippen LogP contribution in [0.4, 0.5) is 5.13 Å². The van der Waals surface area contributed by atoms with Crippen molar-refractivity contribution in [3.63, 3.8) is 0 Å². The number of carboxylic acids is 1. The van der Waals surface area contributed by atoms with E-state index in [4.69, 9.17) is 21.0 Å². The molecule has 22 heteroatoms. The molecule has 2 fully saturated rings. The molecule has 3 aromatic rings. The molecule has 1 aromatic carbocycles. The summed E-state index contributed by atoms with van der Waals surface area (Å²) in [5, 5.41) is 24.2. The predicted octanol–water partition coefficient (Wildman–Crippen LogP) is -2.16. The van der Waals surface area contributed by atoms with E-state index in [0.717, 1.165) is 30.8 Å². The van der Waals surface area contributed by atoms with Gasteiger partial charge >= 0.3 is 16.3 Å². The number of amidine groups is 1. The Morgan fingerprint density at radius 1 is 1.28 bits per heavy atom. The first-order chi connectivity index (χ1) is 22.4. The van der Waals surface area contributed by atoms with Crippen LogP contribution in [0.1, 0.15) is 17.7 Å². The van der Waals surface area contributed by atoms with Crippen molar-refractivity contribution < 1.29 is 42.0 Å². The number of nitrogens with one attached hydrogen (secondary N) is 2. The number of oxime groups is 1. The number of benzene rings is 1. The number of amides is 2. The smallest absolute Gasteiger partial charge is 0.362 e. The molecule has 2 aromatic heterocycles. The molecule has 2 aliphatic heterocycles. The van der Waals surface area contributed by atoms with Gasteiger partial charge in [0, 0.05) is 17.5 Å². The molecular formula is C25H29N11O9S2. The number of thiazole rings is 1. The van der Waals surface area contributed by atoms with Gasteiger partial charge in [-0.05, 0) is 37.2 Å². The van der Waals surface area contributed by atoms with Crippen LogP contribution in [-0.2, 0) is 36.1 Å². The van der Waals surface area contributed by atoms with Crippen molar-refractivity contribution in [1.29, 1.82) is 0 Å². The zero-order valence-corrected chi connectivity index (χ0v) is 25.9. The molecule has 0 spiro atoms. The molecule has 5 rings (SSSR count). The van der Waals surface area contributed by atoms with Gasteiger partial charge in [-0.1, -0.05) is 5.16 Å². The first-order valence-corrected chi connectivity index (χ1v) is 16.1. The molecular weight excluding hydrogens is 662 g/mol. The lowest BCUT2D eigenvalue weighted by atomic mass is 9.98. The van der Waals surface area contributed by atoms with E-state index in [2.05, 4.69) is 35.8 Å². The number of aliphatic imine (C=N–C) groups is 1. The fourth-order valence-corrected chi connectivity index (χ4v) is 6.07. The van der Waals surface area contributed by atoms with Gasteiger partial charge in [-0.25, -0.2) is 19.1 Å². The molecule has 0 saturated carbocycles. The summed E-state index contributed by atoms with van der Waals surface area (Å²) in [4.78, 5) is 55.4. The van der Waals surface area contributed by atoms with Crippen molar-refractivity contribution in [3.05, 3.63) is 53.6 Å². The van der Waals surface area contributed by atoms with E-state index in [1.54, 1.807) is 24.3 Å². The minimum Gasteiger partial charge on any atom is -0.489 e. The fraction of sp³-hybridized carbons (Fsp3) is 0.360. The third-order valence-electron chi connectivity index (χ3n) is 6.98. The zero-order valence-electron chi connectivity index (χ0n) is 24.2. The molecule has 2 aliphatic rings. The number of carboxylic acid groups (broad SMARTS) is 1. The average Bonchev–Trinajstić information content (AvgIpc) is 3.81. The normalized spacial score (nSPS) is 20.8. The van der Waals surface area contributed by atoms with Crippen molar-refractivity contribution in [3.8, 4) is 5.75 Å². The standard InChI is InChI=1S/C25H29N11O9S2/c26-21(31-14-5-6-28-7-14)13-1-3-15(4-2-13)44-9-18(24(39)40)45-34-19(16-10-46-25(27)32-16)22(37)33-20-17(8-35-12-29-11-30-35)36(23(20)38)47(41,42)43/h1-4,10-12,14,17-18,20,28H,5-9H2,(H2,26,31)(H2,27,32)(H,33,37)(H,39,40)(H,41,42,43)/b34-19-/t14-,17-,18+,20+/m1/s1. The topological polar surface area (TPSA) is 292 Å². The molecule has 8 N–H and O–H groups in total. The van der Waals surface area contributed by atoms with Crippen molar-refractivity contribution in [2.24, 2.45) is 15.9 Å². The Bertz CT molecular complexity index is 1770. The second-order valence-corrected chi connectivity index (χ2v) is 12.4. The SMILES string of the molecule is NC(=N[C@@H]1CCNC1)c1ccc(OC[C@H](O/N=C(\C(=O)N[C@@H]2C(=O)N(S(=O)(=O)O)[C@@H]2Cn2cncn2)c2csc(N)n2)C(=O)O)cc1. The van der Waals surface area contributed by atoms with Crippen LogP contribution < -0.4 is 26.8 Å². The van der Waals surface area contributed by atoms with E-state index in [1.165, 1.54) is 22.7 Å². The maximum atomic E-state index is 13.3. The molecule has 4 heterocycles. The summed E-state index contributed by atoms with van der Waals surface area (Å²) >= 11 is 0.939. The highest BCUT2D eigenvalue weighted by Gasteiger charge is 2.54. The van der Waals surface area contributed by atoms with Gasteiger partial charge in [0.15, 0.2) is 10.8 Å². The fourth-order valence-electron chi connectivity index (χ4n) is 4.65. The van der Waals surface area contributed by atoms with Gasteiger partial charge < -0.3 is 36.8 Å². The van der Waals surface area contributed by atoms with Crippen LogP contribution in [0.2, 0.25) is 0 Å². The summed E-state index contributed by atoms with van der Waals surface area (Å²) < 4.78 is 40.1. The highest BCUT2D eigenvalue weighted by molar-refractivity contribution is 7.84. The molecule has 0 aliphatic carbocycles. The summed E-state index contributed by atoms with van der Waals surface area (Å²) in [7, 11) is -4.98. The number of aromatic nitrogens is 4. The van der Waals surface area contributed by atoms with E-state index in [1.807, 2.05) is 0 Å². The van der Waals surface area contributed by atoms with Crippen LogP contribution in [-0.4, -0.2) is 115 Å². The van der Waals surface area contributed by atoms with Gasteiger partial charge in [-0.2, -0.15) is 13.5 Å². The Morgan fingerprint density at radius 3 is 2.64 bits per heavy atom. The molecule has 2 amide bonds. The monoisotopic (exact) mass is 691 g/mol. The molecule has 4 atom stereocenters. The number of β-lactam (4-membered cyclic amide) rings is 1. The van der Waals surface area contributed by atoms with E-state index >= 15 is 0 Å². The summed E-state index contributed by atoms with van der Waals surface area (Å²) in [6.07, 6.45) is 1.58. The Kier molecular flexibility index (Phi) is 9.93. The van der Waals surface area contributed by atoms with Crippen LogP contribution in [0, 0.1) is 0 Å². The molecule has 2 saturated heterocycles. The number of anilines is 1. The molecule has 20 nitrogen and oxygen atoms in total. The minimum absolute atomic E-state index is 0.0361. The number of nitrogen functional groups attached to an aromatic ring is 1. The van der Waals surface area contributed by atoms with Crippen LogP contribution in [0.3, 0.4) is 0 Å². The molecule has 0 unspecified atom stereocenters. The zero-order chi connectivity index (χ0) is 33.7. The van der Waals surface area contributed by atoms with Gasteiger partial charge in [0.25, 0.3) is 17.9 Å². The molecule has 250 valence electrons. The summed E-state index contributed by atoms with van der Waals surface area (Å²) in [6.45, 7) is 0.820. The number of carbonyl (C=O) groups is 3. The highest BCUT2D eigenvalue weighted by Crippen LogP contribution is 2.25. The first-order valence-electron chi connectivity index (χ1n) is 13.8. The van der Waals surface area contributed by atoms with Gasteiger partial charge in [0.05, 0.1) is 18.6 Å². The predicted molar refractivity (Wildman–Crippen MR) is 164 cm³/mol. The number of rotatable bonds is 14. The van der Waals surface area contributed by atoms with Gasteiger partial charge in [0.1, 0.15) is 42.6 Å². The number of hydrogen-bond acceptors (Lipinski definition) is 15. The van der Waals surface area contributed by atoms with Crippen LogP contribution in [0.25, 0.3) is 0 Å². The first kappa shape index (κ1) is 33.2. The lowest BCUT2D eigenvalue weighted by Crippen LogP contribution is -2.73. The summed E-state index contributed by atoms with van der Waals surface area (Å²) in [5.41, 5.74) is 11.8. The average molecular weight is 692 g/mol. The van der Waals surface area contributed by atoms with Crippen LogP contribution in [0.5, 0.6) is 5.75 Å². The van der Waals surface area contributed by atoms with Crippen molar-refractivity contribution in [2.75, 3.05) is 25.4 Å². The minimum atomic E-state index is -4.98. The Balaban J connectivity index is 1.28. The second kappa shape index (κ2) is 14.1. The highest BCUT2D eigenvalue weighted by atomic mass is 32.2. The van der Waals surface area contributed by atoms with E-state index in [-0.39, 0.29) is 27.7 Å². The molecule has 47 heavy (non-hydrogen) atoms. The summed E-state index contributed by atoms with van der Waals surface area (Å²) in [6, 6.07) is 3.82. The van der Waals surface area contributed by atoms with Crippen LogP contribution >= 0.6 is 11.3 Å².